The molecule has 0 radical (unpaired) electrons. The van der Waals surface area contributed by atoms with Gasteiger partial charge in [0.1, 0.15) is 30.2 Å². The Balaban J connectivity index is 1.05. The van der Waals surface area contributed by atoms with Gasteiger partial charge >= 0.3 is 0 Å². The third kappa shape index (κ3) is 7.59. The monoisotopic (exact) mass is 562 g/mol. The summed E-state index contributed by atoms with van der Waals surface area (Å²) in [5.74, 6) is 1.14. The molecule has 0 spiro atoms. The summed E-state index contributed by atoms with van der Waals surface area (Å²) < 4.78 is 7.76. The number of likely N-dealkylation sites (tertiary alicyclic amines) is 1. The molecular formula is C29H38N8O4. The molecule has 3 N–H and O–H groups in total. The molecule has 12 nitrogen and oxygen atoms in total. The van der Waals surface area contributed by atoms with E-state index in [1.54, 1.807) is 23.9 Å². The van der Waals surface area contributed by atoms with Gasteiger partial charge in [-0.05, 0) is 48.6 Å². The maximum absolute atomic E-state index is 12.7. The van der Waals surface area contributed by atoms with Gasteiger partial charge < -0.3 is 25.4 Å². The first-order valence-corrected chi connectivity index (χ1v) is 14.1. The molecule has 2 aliphatic heterocycles. The van der Waals surface area contributed by atoms with Crippen molar-refractivity contribution in [3.8, 4) is 5.75 Å². The van der Waals surface area contributed by atoms with Crippen molar-refractivity contribution < 1.29 is 19.4 Å². The molecule has 1 aromatic carbocycles. The largest absolute Gasteiger partial charge is 0.487 e. The Bertz CT molecular complexity index is 1350. The Morgan fingerprint density at radius 2 is 1.95 bits per heavy atom. The molecule has 2 aromatic heterocycles. The van der Waals surface area contributed by atoms with Crippen molar-refractivity contribution in [2.75, 3.05) is 38.0 Å². The predicted molar refractivity (Wildman–Crippen MR) is 152 cm³/mol. The van der Waals surface area contributed by atoms with E-state index in [9.17, 15) is 14.7 Å². The normalized spacial score (nSPS) is 16.6. The van der Waals surface area contributed by atoms with Gasteiger partial charge in [0, 0.05) is 71.5 Å². The van der Waals surface area contributed by atoms with Crippen LogP contribution in [0.25, 0.3) is 0 Å². The number of hydrogen-bond acceptors (Lipinski definition) is 9. The molecule has 1 atom stereocenters. The van der Waals surface area contributed by atoms with Gasteiger partial charge in [-0.15, -0.1) is 0 Å². The molecule has 0 saturated carbocycles. The first-order valence-electron chi connectivity index (χ1n) is 14.1. The number of hydrogen-bond donors (Lipinski definition) is 3. The van der Waals surface area contributed by atoms with E-state index in [-0.39, 0.29) is 30.1 Å². The van der Waals surface area contributed by atoms with Gasteiger partial charge in [-0.25, -0.2) is 9.97 Å². The van der Waals surface area contributed by atoms with E-state index in [1.807, 2.05) is 24.1 Å². The van der Waals surface area contributed by atoms with E-state index < -0.39 is 6.10 Å². The number of anilines is 1. The number of nitrogens with one attached hydrogen (secondary N) is 2. The molecule has 0 aliphatic carbocycles. The van der Waals surface area contributed by atoms with Crippen LogP contribution in [-0.4, -0.2) is 91.3 Å². The molecule has 2 aliphatic rings. The number of carbonyl (C=O) groups is 2. The third-order valence-corrected chi connectivity index (χ3v) is 7.74. The number of ether oxygens (including phenoxy) is 1. The Labute approximate surface area is 239 Å². The summed E-state index contributed by atoms with van der Waals surface area (Å²) in [4.78, 5) is 36.6. The minimum Gasteiger partial charge on any atom is -0.487 e. The van der Waals surface area contributed by atoms with Crippen LogP contribution in [0.15, 0.2) is 42.9 Å². The van der Waals surface area contributed by atoms with Crippen LogP contribution in [0.3, 0.4) is 0 Å². The van der Waals surface area contributed by atoms with Crippen molar-refractivity contribution in [3.63, 3.8) is 0 Å². The summed E-state index contributed by atoms with van der Waals surface area (Å²) in [5, 5.41) is 21.0. The Kier molecular flexibility index (Phi) is 9.10. The van der Waals surface area contributed by atoms with Crippen LogP contribution in [0.1, 0.15) is 47.1 Å². The van der Waals surface area contributed by atoms with Crippen LogP contribution in [0.4, 0.5) is 5.82 Å². The number of aliphatic hydroxyl groups excluding tert-OH is 1. The topological polar surface area (TPSA) is 138 Å². The molecule has 0 bridgehead atoms. The second kappa shape index (κ2) is 13.1. The lowest BCUT2D eigenvalue weighted by Gasteiger charge is -2.31. The van der Waals surface area contributed by atoms with Crippen molar-refractivity contribution in [2.45, 2.75) is 51.5 Å². The highest BCUT2D eigenvalue weighted by Gasteiger charge is 2.22. The Morgan fingerprint density at radius 1 is 1.12 bits per heavy atom. The second-order valence-corrected chi connectivity index (χ2v) is 10.7. The van der Waals surface area contributed by atoms with Crippen LogP contribution in [0.5, 0.6) is 5.75 Å². The van der Waals surface area contributed by atoms with Crippen molar-refractivity contribution >= 4 is 17.6 Å². The molecule has 218 valence electrons. The minimum absolute atomic E-state index is 0.0915. The summed E-state index contributed by atoms with van der Waals surface area (Å²) in [7, 11) is 1.90. The molecule has 1 saturated heterocycles. The molecule has 5 rings (SSSR count). The quantitative estimate of drug-likeness (QED) is 0.334. The highest BCUT2D eigenvalue weighted by atomic mass is 16.5. The summed E-state index contributed by atoms with van der Waals surface area (Å²) in [6.07, 6.45) is 4.90. The van der Waals surface area contributed by atoms with E-state index >= 15 is 0 Å². The summed E-state index contributed by atoms with van der Waals surface area (Å²) in [5.41, 5.74) is 3.72. The lowest BCUT2D eigenvalue weighted by molar-refractivity contribution is -0.129. The van der Waals surface area contributed by atoms with Crippen LogP contribution in [0.2, 0.25) is 0 Å². The van der Waals surface area contributed by atoms with Crippen LogP contribution in [-0.2, 0) is 31.4 Å². The molecule has 1 fully saturated rings. The highest BCUT2D eigenvalue weighted by molar-refractivity contribution is 5.92. The number of aromatic nitrogens is 4. The fourth-order valence-corrected chi connectivity index (χ4v) is 5.31. The average molecular weight is 563 g/mol. The van der Waals surface area contributed by atoms with Crippen LogP contribution >= 0.6 is 0 Å². The number of amides is 2. The number of aryl methyl sites for hydroxylation is 1. The minimum atomic E-state index is -0.715. The van der Waals surface area contributed by atoms with Gasteiger partial charge in [0.25, 0.3) is 5.91 Å². The van der Waals surface area contributed by atoms with Gasteiger partial charge in [-0.2, -0.15) is 5.10 Å². The SMILES string of the molecule is CC(=O)N1CCC(Nc2cc(C(=O)NC[C@H](O)CN3CCc4cc(OCc5ccnn5C)ccc4C3)ncn2)CC1. The zero-order chi connectivity index (χ0) is 28.8. The molecular weight excluding hydrogens is 524 g/mol. The zero-order valence-electron chi connectivity index (χ0n) is 23.6. The molecule has 41 heavy (non-hydrogen) atoms. The Morgan fingerprint density at radius 3 is 2.71 bits per heavy atom. The summed E-state index contributed by atoms with van der Waals surface area (Å²) in [6.45, 7) is 5.58. The number of fused-ring (bicyclic) bond motifs is 1. The smallest absolute Gasteiger partial charge is 0.270 e. The average Bonchev–Trinajstić information content (AvgIpc) is 3.39. The molecule has 4 heterocycles. The highest BCUT2D eigenvalue weighted by Crippen LogP contribution is 2.24. The van der Waals surface area contributed by atoms with E-state index in [0.29, 0.717) is 32.1 Å². The fourth-order valence-electron chi connectivity index (χ4n) is 5.31. The third-order valence-electron chi connectivity index (χ3n) is 7.74. The first kappa shape index (κ1) is 28.5. The van der Waals surface area contributed by atoms with Crippen molar-refractivity contribution in [2.24, 2.45) is 7.05 Å². The van der Waals surface area contributed by atoms with Crippen LogP contribution in [0, 0.1) is 0 Å². The van der Waals surface area contributed by atoms with Gasteiger partial charge in [0.05, 0.1) is 11.8 Å². The fraction of sp³-hybridized carbons (Fsp3) is 0.483. The lowest BCUT2D eigenvalue weighted by atomic mass is 9.99. The number of aliphatic hydroxyl groups is 1. The number of rotatable bonds is 10. The van der Waals surface area contributed by atoms with Crippen molar-refractivity contribution in [1.29, 1.82) is 0 Å². The maximum Gasteiger partial charge on any atom is 0.270 e. The summed E-state index contributed by atoms with van der Waals surface area (Å²) >= 11 is 0. The zero-order valence-corrected chi connectivity index (χ0v) is 23.6. The van der Waals surface area contributed by atoms with Crippen LogP contribution < -0.4 is 15.4 Å². The van der Waals surface area contributed by atoms with Crippen molar-refractivity contribution in [3.05, 3.63) is 65.4 Å². The summed E-state index contributed by atoms with van der Waals surface area (Å²) in [6, 6.07) is 9.90. The molecule has 12 heteroatoms. The number of piperidine rings is 1. The Hall–Kier alpha value is -4.03. The van der Waals surface area contributed by atoms with Gasteiger partial charge in [-0.1, -0.05) is 6.07 Å². The van der Waals surface area contributed by atoms with E-state index in [4.69, 9.17) is 4.74 Å². The van der Waals surface area contributed by atoms with Gasteiger partial charge in [0.2, 0.25) is 5.91 Å². The maximum atomic E-state index is 12.7. The number of carbonyl (C=O) groups excluding carboxylic acids is 2. The van der Waals surface area contributed by atoms with Gasteiger partial charge in [0.15, 0.2) is 0 Å². The van der Waals surface area contributed by atoms with E-state index in [1.165, 1.54) is 17.5 Å². The standard InChI is InChI=1S/C29H38N8O4/c1-20(38)37-11-7-23(8-12-37)34-28-14-27(31-19-32-28)29(40)30-15-25(39)17-36-10-6-21-13-26(4-3-22(21)16-36)41-18-24-5-9-33-35(24)2/h3-5,9,13-14,19,23,25,39H,6-8,10-12,15-18H2,1-2H3,(H,30,40)(H,31,32,34)/t25-/m0/s1. The van der Waals surface area contributed by atoms with E-state index in [0.717, 1.165) is 43.8 Å². The second-order valence-electron chi connectivity index (χ2n) is 10.7. The molecule has 3 aromatic rings. The first-order chi connectivity index (χ1) is 19.8. The number of benzene rings is 1. The number of β-amino-alcohol motifs (C(OH)–C–C–N with tert-alkyl or cyclic N) is 1. The lowest BCUT2D eigenvalue weighted by Crippen LogP contribution is -2.42. The van der Waals surface area contributed by atoms with Crippen molar-refractivity contribution in [1.82, 2.24) is 34.9 Å². The molecule has 0 unspecified atom stereocenters. The van der Waals surface area contributed by atoms with E-state index in [2.05, 4.69) is 42.7 Å². The molecule has 2 amide bonds. The predicted octanol–water partition coefficient (Wildman–Crippen LogP) is 1.36. The van der Waals surface area contributed by atoms with Gasteiger partial charge in [-0.3, -0.25) is 19.2 Å². The number of nitrogens with zero attached hydrogens (tertiary/aromatic N) is 6.